The Labute approximate surface area is 226 Å². The molecule has 0 heterocycles. The maximum absolute atomic E-state index is 9.21. The van der Waals surface area contributed by atoms with E-state index in [0.29, 0.717) is 0 Å². The Hall–Kier alpha value is -1.88. The first-order chi connectivity index (χ1) is 17.8. The summed E-state index contributed by atoms with van der Waals surface area (Å²) in [5, 5.41) is 9.21. The van der Waals surface area contributed by atoms with E-state index in [9.17, 15) is 5.11 Å². The summed E-state index contributed by atoms with van der Waals surface area (Å²) in [5.41, 5.74) is 0. The second kappa shape index (κ2) is 31.2. The first-order valence-electron chi connectivity index (χ1n) is 15.2. The van der Waals surface area contributed by atoms with E-state index in [0.717, 1.165) is 32.1 Å². The monoisotopic (exact) mass is 492 g/mol. The maximum atomic E-state index is 9.21. The van der Waals surface area contributed by atoms with Gasteiger partial charge in [-0.2, -0.15) is 0 Å². The molecular weight excluding hydrogens is 436 g/mol. The van der Waals surface area contributed by atoms with Gasteiger partial charge in [-0.3, -0.25) is 0 Å². The van der Waals surface area contributed by atoms with Crippen LogP contribution in [0.1, 0.15) is 154 Å². The lowest BCUT2D eigenvalue weighted by molar-refractivity contribution is 0.280. The largest absolute Gasteiger partial charge is 0.377 e. The summed E-state index contributed by atoms with van der Waals surface area (Å²) in [7, 11) is 0. The highest BCUT2D eigenvalue weighted by Crippen LogP contribution is 2.15. The van der Waals surface area contributed by atoms with Crippen molar-refractivity contribution in [3.63, 3.8) is 0 Å². The molecule has 0 fully saturated rings. The molecule has 0 saturated heterocycles. The van der Waals surface area contributed by atoms with E-state index in [4.69, 9.17) is 12.8 Å². The molecule has 1 atom stereocenters. The highest BCUT2D eigenvalue weighted by Gasteiger charge is 1.95. The summed E-state index contributed by atoms with van der Waals surface area (Å²) >= 11 is 0. The second-order valence-electron chi connectivity index (χ2n) is 10.1. The van der Waals surface area contributed by atoms with Crippen molar-refractivity contribution < 1.29 is 5.11 Å². The normalized spacial score (nSPS) is 11.9. The van der Waals surface area contributed by atoms with E-state index in [1.807, 2.05) is 12.2 Å². The molecule has 36 heavy (non-hydrogen) atoms. The summed E-state index contributed by atoms with van der Waals surface area (Å²) in [6.45, 7) is 0. The number of aliphatic hydroxyl groups is 1. The minimum absolute atomic E-state index is 0.745. The van der Waals surface area contributed by atoms with E-state index in [1.165, 1.54) is 122 Å². The number of rotatable bonds is 25. The molecule has 0 aliphatic rings. The molecule has 1 unspecified atom stereocenters. The molecule has 1 N–H and O–H groups in total. The van der Waals surface area contributed by atoms with Gasteiger partial charge in [0, 0.05) is 12.8 Å². The minimum atomic E-state index is -0.745. The smallest absolute Gasteiger partial charge is 0.133 e. The van der Waals surface area contributed by atoms with Gasteiger partial charge in [-0.1, -0.05) is 133 Å². The fraction of sp³-hybridized carbons (Fsp3) is 0.714. The lowest BCUT2D eigenvalue weighted by atomic mass is 10.0. The maximum Gasteiger partial charge on any atom is 0.133 e. The average Bonchev–Trinajstić information content (AvgIpc) is 2.89. The zero-order valence-electron chi connectivity index (χ0n) is 23.5. The number of hydrogen-bond acceptors (Lipinski definition) is 1. The van der Waals surface area contributed by atoms with Crippen LogP contribution in [0.3, 0.4) is 0 Å². The first-order valence-corrected chi connectivity index (χ1v) is 15.2. The number of allylic oxidation sites excluding steroid dienone is 3. The first kappa shape index (κ1) is 34.1. The molecule has 0 spiro atoms. The molecule has 0 aromatic heterocycles. The molecule has 0 aliphatic heterocycles. The van der Waals surface area contributed by atoms with Gasteiger partial charge < -0.3 is 5.11 Å². The van der Waals surface area contributed by atoms with Crippen LogP contribution in [0.15, 0.2) is 24.3 Å². The summed E-state index contributed by atoms with van der Waals surface area (Å²) < 4.78 is 0. The Morgan fingerprint density at radius 1 is 0.500 bits per heavy atom. The van der Waals surface area contributed by atoms with Gasteiger partial charge in [0.05, 0.1) is 0 Å². The zero-order chi connectivity index (χ0) is 26.2. The van der Waals surface area contributed by atoms with Crippen molar-refractivity contribution in [2.45, 2.75) is 160 Å². The van der Waals surface area contributed by atoms with Crippen LogP contribution in [0.2, 0.25) is 0 Å². The van der Waals surface area contributed by atoms with Crippen LogP contribution in [0.25, 0.3) is 0 Å². The van der Waals surface area contributed by atoms with Crippen LogP contribution in [-0.2, 0) is 0 Å². The summed E-state index contributed by atoms with van der Waals surface area (Å²) in [6, 6.07) is 0. The molecule has 0 amide bonds. The van der Waals surface area contributed by atoms with E-state index < -0.39 is 6.10 Å². The quantitative estimate of drug-likeness (QED) is 0.0763. The molecule has 0 rings (SSSR count). The van der Waals surface area contributed by atoms with Crippen molar-refractivity contribution in [3.05, 3.63) is 24.3 Å². The third-order valence-electron chi connectivity index (χ3n) is 6.67. The fourth-order valence-corrected chi connectivity index (χ4v) is 4.40. The Morgan fingerprint density at radius 3 is 1.33 bits per heavy atom. The van der Waals surface area contributed by atoms with Crippen LogP contribution in [0.4, 0.5) is 0 Å². The average molecular weight is 493 g/mol. The second-order valence-corrected chi connectivity index (χ2v) is 10.1. The molecule has 202 valence electrons. The van der Waals surface area contributed by atoms with E-state index >= 15 is 0 Å². The lowest BCUT2D eigenvalue weighted by Crippen LogP contribution is -1.95. The van der Waals surface area contributed by atoms with Gasteiger partial charge in [0.25, 0.3) is 0 Å². The fourth-order valence-electron chi connectivity index (χ4n) is 4.40. The Morgan fingerprint density at radius 2 is 0.889 bits per heavy atom. The number of hydrogen-bond donors (Lipinski definition) is 1. The number of terminal acetylenes is 2. The van der Waals surface area contributed by atoms with Crippen LogP contribution in [0.5, 0.6) is 0 Å². The molecule has 0 aromatic rings. The number of aliphatic hydroxyl groups excluding tert-OH is 1. The van der Waals surface area contributed by atoms with Crippen LogP contribution in [0, 0.1) is 36.5 Å². The predicted octanol–water partition coefficient (Wildman–Crippen LogP) is 10.1. The van der Waals surface area contributed by atoms with Crippen molar-refractivity contribution in [1.29, 1.82) is 0 Å². The molecule has 0 aliphatic carbocycles. The van der Waals surface area contributed by atoms with Crippen LogP contribution in [-0.4, -0.2) is 11.2 Å². The summed E-state index contributed by atoms with van der Waals surface area (Å²) in [4.78, 5) is 0. The van der Waals surface area contributed by atoms with Gasteiger partial charge in [-0.15, -0.1) is 24.7 Å². The van der Waals surface area contributed by atoms with Gasteiger partial charge in [-0.05, 0) is 44.3 Å². The van der Waals surface area contributed by atoms with Gasteiger partial charge in [0.15, 0.2) is 0 Å². The molecule has 0 bridgehead atoms. The summed E-state index contributed by atoms with van der Waals surface area (Å²) in [6.07, 6.45) is 48.7. The van der Waals surface area contributed by atoms with Crippen molar-refractivity contribution in [2.24, 2.45) is 0 Å². The highest BCUT2D eigenvalue weighted by molar-refractivity contribution is 5.08. The van der Waals surface area contributed by atoms with Crippen molar-refractivity contribution in [3.8, 4) is 36.5 Å². The standard InChI is InChI=1S/C35H56O/c1-3-5-6-7-8-9-10-11-12-13-14-15-16-17-18-19-20-21-22-23-24-25-26-27-28-29-30-31-32-33-34-35(36)4-2/h1-2,5-6,33-36H,7-27,30-32H2. The van der Waals surface area contributed by atoms with E-state index in [1.54, 1.807) is 6.08 Å². The Kier molecular flexibility index (Phi) is 29.5. The van der Waals surface area contributed by atoms with Crippen molar-refractivity contribution >= 4 is 0 Å². The molecule has 0 saturated carbocycles. The topological polar surface area (TPSA) is 20.2 Å². The van der Waals surface area contributed by atoms with E-state index in [2.05, 4.69) is 29.8 Å². The minimum Gasteiger partial charge on any atom is -0.377 e. The molecular formula is C35H56O. The highest BCUT2D eigenvalue weighted by atomic mass is 16.3. The zero-order valence-corrected chi connectivity index (χ0v) is 23.5. The van der Waals surface area contributed by atoms with Crippen LogP contribution < -0.4 is 0 Å². The van der Waals surface area contributed by atoms with E-state index in [-0.39, 0.29) is 0 Å². The van der Waals surface area contributed by atoms with Gasteiger partial charge in [-0.25, -0.2) is 0 Å². The van der Waals surface area contributed by atoms with Gasteiger partial charge in [0.2, 0.25) is 0 Å². The Balaban J connectivity index is 3.15. The lowest BCUT2D eigenvalue weighted by Gasteiger charge is -2.04. The van der Waals surface area contributed by atoms with Crippen LogP contribution >= 0.6 is 0 Å². The molecule has 1 nitrogen and oxygen atoms in total. The molecule has 1 heteroatoms. The van der Waals surface area contributed by atoms with Gasteiger partial charge in [0.1, 0.15) is 6.10 Å². The predicted molar refractivity (Wildman–Crippen MR) is 161 cm³/mol. The third-order valence-corrected chi connectivity index (χ3v) is 6.67. The van der Waals surface area contributed by atoms with Crippen molar-refractivity contribution in [1.82, 2.24) is 0 Å². The molecule has 0 aromatic carbocycles. The summed E-state index contributed by atoms with van der Waals surface area (Å²) in [5.74, 6) is 11.4. The third kappa shape index (κ3) is 30.2. The molecule has 0 radical (unpaired) electrons. The number of unbranched alkanes of at least 4 members (excludes halogenated alkanes) is 22. The SMILES string of the molecule is C#CC=CCCCCCCCCCCCCCCCCCCCCCC#CCCCC=CC(O)C#C. The Bertz CT molecular complexity index is 645. The van der Waals surface area contributed by atoms with Crippen molar-refractivity contribution in [2.75, 3.05) is 0 Å². The van der Waals surface area contributed by atoms with Gasteiger partial charge >= 0.3 is 0 Å².